The molecule has 1 atom stereocenters. The Morgan fingerprint density at radius 2 is 1.56 bits per heavy atom. The lowest BCUT2D eigenvalue weighted by atomic mass is 9.92. The number of carbonyl (C=O) groups excluding carboxylic acids is 3. The van der Waals surface area contributed by atoms with Crippen LogP contribution in [0.2, 0.25) is 0 Å². The number of ether oxygens (including phenoxy) is 1. The van der Waals surface area contributed by atoms with Crippen LogP contribution in [0.25, 0.3) is 0 Å². The van der Waals surface area contributed by atoms with Crippen molar-refractivity contribution in [3.8, 4) is 0 Å². The second-order valence-corrected chi connectivity index (χ2v) is 8.80. The molecule has 1 unspecified atom stereocenters. The van der Waals surface area contributed by atoms with E-state index < -0.39 is 0 Å². The molecule has 2 amide bonds. The number of likely N-dealkylation sites (tertiary alicyclic amines) is 1. The standard InChI is InChI=1S/C28H26N2O4/c31-26(29-23-9-5-2-6-10-23)20-13-15-30(16-14-20)27(32)21-11-12-24-22(17-21)18-25(34-28(24)33)19-7-3-1-4-8-19/h1-12,17,20,25H,13-16,18H2,(H,29,31). The lowest BCUT2D eigenvalue weighted by Gasteiger charge is -2.32. The lowest BCUT2D eigenvalue weighted by Crippen LogP contribution is -2.41. The zero-order chi connectivity index (χ0) is 23.5. The van der Waals surface area contributed by atoms with Crippen molar-refractivity contribution in [3.05, 3.63) is 101 Å². The molecular formula is C28H26N2O4. The van der Waals surface area contributed by atoms with Crippen molar-refractivity contribution in [1.29, 1.82) is 0 Å². The molecule has 1 N–H and O–H groups in total. The second-order valence-electron chi connectivity index (χ2n) is 8.80. The Balaban J connectivity index is 1.24. The molecule has 34 heavy (non-hydrogen) atoms. The fraction of sp³-hybridized carbons (Fsp3) is 0.250. The van der Waals surface area contributed by atoms with Gasteiger partial charge in [-0.2, -0.15) is 0 Å². The molecule has 1 fully saturated rings. The Labute approximate surface area is 198 Å². The summed E-state index contributed by atoms with van der Waals surface area (Å²) in [6.07, 6.45) is 1.43. The summed E-state index contributed by atoms with van der Waals surface area (Å²) in [6.45, 7) is 1.05. The van der Waals surface area contributed by atoms with Crippen LogP contribution < -0.4 is 5.32 Å². The molecule has 6 nitrogen and oxygen atoms in total. The van der Waals surface area contributed by atoms with Crippen molar-refractivity contribution in [1.82, 2.24) is 4.90 Å². The van der Waals surface area contributed by atoms with Gasteiger partial charge < -0.3 is 15.0 Å². The third-order valence-electron chi connectivity index (χ3n) is 6.59. The Hall–Kier alpha value is -3.93. The lowest BCUT2D eigenvalue weighted by molar-refractivity contribution is -0.121. The zero-order valence-electron chi connectivity index (χ0n) is 18.8. The van der Waals surface area contributed by atoms with Crippen molar-refractivity contribution in [3.63, 3.8) is 0 Å². The monoisotopic (exact) mass is 454 g/mol. The fourth-order valence-electron chi connectivity index (χ4n) is 4.68. The summed E-state index contributed by atoms with van der Waals surface area (Å²) in [6, 6.07) is 24.3. The minimum Gasteiger partial charge on any atom is -0.454 e. The molecule has 3 aromatic carbocycles. The van der Waals surface area contributed by atoms with Crippen LogP contribution in [0.15, 0.2) is 78.9 Å². The summed E-state index contributed by atoms with van der Waals surface area (Å²) >= 11 is 0. The Morgan fingerprint density at radius 3 is 2.26 bits per heavy atom. The van der Waals surface area contributed by atoms with E-state index in [0.29, 0.717) is 43.5 Å². The average molecular weight is 455 g/mol. The Kier molecular flexibility index (Phi) is 6.12. The maximum atomic E-state index is 13.2. The number of esters is 1. The van der Waals surface area contributed by atoms with E-state index in [1.165, 1.54) is 0 Å². The van der Waals surface area contributed by atoms with E-state index in [1.807, 2.05) is 66.7 Å². The van der Waals surface area contributed by atoms with Gasteiger partial charge in [-0.25, -0.2) is 4.79 Å². The molecule has 0 aliphatic carbocycles. The highest BCUT2D eigenvalue weighted by Crippen LogP contribution is 2.31. The first-order chi connectivity index (χ1) is 16.6. The molecule has 0 spiro atoms. The molecule has 2 heterocycles. The van der Waals surface area contributed by atoms with Crippen LogP contribution in [-0.2, 0) is 16.0 Å². The van der Waals surface area contributed by atoms with E-state index in [2.05, 4.69) is 5.32 Å². The van der Waals surface area contributed by atoms with E-state index in [1.54, 1.807) is 17.0 Å². The summed E-state index contributed by atoms with van der Waals surface area (Å²) < 4.78 is 5.62. The first-order valence-corrected chi connectivity index (χ1v) is 11.6. The van der Waals surface area contributed by atoms with Crippen molar-refractivity contribution in [2.24, 2.45) is 5.92 Å². The highest BCUT2D eigenvalue weighted by atomic mass is 16.5. The predicted octanol–water partition coefficient (Wildman–Crippen LogP) is 4.63. The molecule has 2 aliphatic rings. The average Bonchev–Trinajstić information content (AvgIpc) is 2.89. The molecule has 0 aromatic heterocycles. The smallest absolute Gasteiger partial charge is 0.339 e. The quantitative estimate of drug-likeness (QED) is 0.583. The highest BCUT2D eigenvalue weighted by molar-refractivity contribution is 5.98. The number of cyclic esters (lactones) is 1. The third kappa shape index (κ3) is 4.57. The topological polar surface area (TPSA) is 75.7 Å². The van der Waals surface area contributed by atoms with Crippen LogP contribution in [0, 0.1) is 5.92 Å². The van der Waals surface area contributed by atoms with Gasteiger partial charge in [0.25, 0.3) is 5.91 Å². The van der Waals surface area contributed by atoms with Crippen LogP contribution in [-0.4, -0.2) is 35.8 Å². The van der Waals surface area contributed by atoms with Gasteiger partial charge in [0.05, 0.1) is 5.56 Å². The van der Waals surface area contributed by atoms with Crippen molar-refractivity contribution >= 4 is 23.5 Å². The molecule has 6 heteroatoms. The largest absolute Gasteiger partial charge is 0.454 e. The van der Waals surface area contributed by atoms with Crippen LogP contribution in [0.5, 0.6) is 0 Å². The second kappa shape index (κ2) is 9.51. The predicted molar refractivity (Wildman–Crippen MR) is 128 cm³/mol. The third-order valence-corrected chi connectivity index (χ3v) is 6.59. The molecule has 0 bridgehead atoms. The van der Waals surface area contributed by atoms with Gasteiger partial charge >= 0.3 is 5.97 Å². The van der Waals surface area contributed by atoms with E-state index in [9.17, 15) is 14.4 Å². The maximum Gasteiger partial charge on any atom is 0.339 e. The molecule has 172 valence electrons. The zero-order valence-corrected chi connectivity index (χ0v) is 18.8. The fourth-order valence-corrected chi connectivity index (χ4v) is 4.68. The summed E-state index contributed by atoms with van der Waals surface area (Å²) in [5.41, 5.74) is 3.63. The van der Waals surface area contributed by atoms with Gasteiger partial charge in [-0.3, -0.25) is 9.59 Å². The maximum absolute atomic E-state index is 13.2. The minimum absolute atomic E-state index is 0.00227. The van der Waals surface area contributed by atoms with Gasteiger partial charge in [-0.15, -0.1) is 0 Å². The number of para-hydroxylation sites is 1. The molecule has 0 saturated carbocycles. The van der Waals surface area contributed by atoms with E-state index in [-0.39, 0.29) is 29.8 Å². The van der Waals surface area contributed by atoms with Crippen LogP contribution in [0.4, 0.5) is 5.69 Å². The van der Waals surface area contributed by atoms with Crippen molar-refractivity contribution in [2.75, 3.05) is 18.4 Å². The van der Waals surface area contributed by atoms with Crippen molar-refractivity contribution < 1.29 is 19.1 Å². The number of hydrogen-bond acceptors (Lipinski definition) is 4. The molecule has 1 saturated heterocycles. The van der Waals surface area contributed by atoms with Gasteiger partial charge in [0, 0.05) is 36.7 Å². The number of amides is 2. The Morgan fingerprint density at radius 1 is 0.882 bits per heavy atom. The number of carbonyl (C=O) groups is 3. The summed E-state index contributed by atoms with van der Waals surface area (Å²) in [7, 11) is 0. The molecule has 0 radical (unpaired) electrons. The normalized spacial score (nSPS) is 18.1. The number of benzene rings is 3. The number of anilines is 1. The Bertz CT molecular complexity index is 1200. The van der Waals surface area contributed by atoms with Gasteiger partial charge in [0.1, 0.15) is 6.10 Å². The number of piperidine rings is 1. The minimum atomic E-state index is -0.362. The number of rotatable bonds is 4. The number of fused-ring (bicyclic) bond motifs is 1. The molecule has 5 rings (SSSR count). The summed E-state index contributed by atoms with van der Waals surface area (Å²) in [5, 5.41) is 2.96. The number of hydrogen-bond donors (Lipinski definition) is 1. The van der Waals surface area contributed by atoms with Gasteiger partial charge in [-0.1, -0.05) is 48.5 Å². The van der Waals surface area contributed by atoms with Crippen LogP contribution in [0.1, 0.15) is 50.8 Å². The van der Waals surface area contributed by atoms with E-state index in [0.717, 1.165) is 16.8 Å². The summed E-state index contributed by atoms with van der Waals surface area (Å²) in [5.74, 6) is -0.550. The van der Waals surface area contributed by atoms with Crippen LogP contribution in [0.3, 0.4) is 0 Å². The number of nitrogens with one attached hydrogen (secondary N) is 1. The molecule has 2 aliphatic heterocycles. The molecular weight excluding hydrogens is 428 g/mol. The van der Waals surface area contributed by atoms with Gasteiger partial charge in [0.2, 0.25) is 5.91 Å². The van der Waals surface area contributed by atoms with Gasteiger partial charge in [0.15, 0.2) is 0 Å². The first-order valence-electron chi connectivity index (χ1n) is 11.6. The molecule has 3 aromatic rings. The van der Waals surface area contributed by atoms with Crippen LogP contribution >= 0.6 is 0 Å². The summed E-state index contributed by atoms with van der Waals surface area (Å²) in [4.78, 5) is 40.1. The van der Waals surface area contributed by atoms with Gasteiger partial charge in [-0.05, 0) is 54.3 Å². The SMILES string of the molecule is O=C1OC(c2ccccc2)Cc2cc(C(=O)N3CCC(C(=O)Nc4ccccc4)CC3)ccc21. The van der Waals surface area contributed by atoms with Crippen molar-refractivity contribution in [2.45, 2.75) is 25.4 Å². The first kappa shape index (κ1) is 21.9. The van der Waals surface area contributed by atoms with E-state index >= 15 is 0 Å². The number of nitrogens with zero attached hydrogens (tertiary/aromatic N) is 1. The highest BCUT2D eigenvalue weighted by Gasteiger charge is 2.31. The van der Waals surface area contributed by atoms with E-state index in [4.69, 9.17) is 4.74 Å².